The van der Waals surface area contributed by atoms with Gasteiger partial charge in [0.05, 0.1) is 0 Å². The van der Waals surface area contributed by atoms with Crippen molar-refractivity contribution in [3.05, 3.63) is 0 Å². The smallest absolute Gasteiger partial charge is 1.00 e. The van der Waals surface area contributed by atoms with E-state index >= 15 is 0 Å². The Morgan fingerprint density at radius 2 is 1.11 bits per heavy atom. The summed E-state index contributed by atoms with van der Waals surface area (Å²) in [4.78, 5) is 19.2. The first-order valence-corrected chi connectivity index (χ1v) is 6.07. The summed E-state index contributed by atoms with van der Waals surface area (Å²) in [5.41, 5.74) is 0. The summed E-state index contributed by atoms with van der Waals surface area (Å²) in [7, 11) is -4.67. The van der Waals surface area contributed by atoms with Crippen molar-refractivity contribution in [2.24, 2.45) is 0 Å². The maximum absolute atomic E-state index is 9.60. The van der Waals surface area contributed by atoms with Crippen LogP contribution in [0.2, 0.25) is 0 Å². The van der Waals surface area contributed by atoms with Crippen LogP contribution >= 0.6 is 0 Å². The minimum absolute atomic E-state index is 0. The molecule has 0 saturated carbocycles. The maximum atomic E-state index is 9.60. The van der Waals surface area contributed by atoms with Gasteiger partial charge >= 0.3 is 45.4 Å². The first kappa shape index (κ1) is 26.2. The molecule has 4 N–H and O–H groups in total. The van der Waals surface area contributed by atoms with Crippen LogP contribution in [-0.2, 0) is 20.0 Å². The van der Waals surface area contributed by atoms with Gasteiger partial charge in [-0.2, -0.15) is 8.42 Å². The number of rotatable bonds is 4. The summed E-state index contributed by atoms with van der Waals surface area (Å²) < 4.78 is 31.6. The van der Waals surface area contributed by atoms with Gasteiger partial charge in [-0.15, -0.1) is 0 Å². The molecule has 0 aromatic heterocycles. The molecule has 10 heteroatoms. The summed E-state index contributed by atoms with van der Waals surface area (Å²) in [6.45, 7) is 3.68. The molecule has 108 valence electrons. The third-order valence-electron chi connectivity index (χ3n) is 0.928. The van der Waals surface area contributed by atoms with Crippen molar-refractivity contribution < 1.29 is 40.2 Å². The van der Waals surface area contributed by atoms with Gasteiger partial charge in [-0.05, 0) is 12.8 Å². The molecule has 0 unspecified atom stereocenters. The van der Waals surface area contributed by atoms with Crippen LogP contribution in [0.5, 0.6) is 0 Å². The molecule has 0 fully saturated rings. The molecule has 0 aromatic carbocycles. The zero-order chi connectivity index (χ0) is 14.5. The van der Waals surface area contributed by atoms with E-state index in [-0.39, 0.29) is 25.9 Å². The molecular weight excluding hydrogens is 280 g/mol. The molecule has 0 aliphatic rings. The van der Waals surface area contributed by atoms with E-state index in [1.807, 2.05) is 13.8 Å². The predicted molar refractivity (Wildman–Crippen MR) is 67.2 cm³/mol. The van der Waals surface area contributed by atoms with Gasteiger partial charge < -0.3 is 13.1 Å². The first-order valence-electron chi connectivity index (χ1n) is 4.68. The number of hydrogen-bond donors (Lipinski definition) is 4. The van der Waals surface area contributed by atoms with Crippen LogP contribution in [0.3, 0.4) is 0 Å². The van der Waals surface area contributed by atoms with Crippen LogP contribution < -0.4 is 0 Å². The van der Waals surface area contributed by atoms with Gasteiger partial charge in [0.2, 0.25) is 0 Å². The van der Waals surface area contributed by atoms with Crippen LogP contribution in [0.15, 0.2) is 0 Å². The summed E-state index contributed by atoms with van der Waals surface area (Å²) in [6.07, 6.45) is 2.05. The van der Waals surface area contributed by atoms with Crippen molar-refractivity contribution in [3.63, 3.8) is 0 Å². The van der Waals surface area contributed by atoms with Crippen LogP contribution in [0.4, 0.5) is 0 Å². The van der Waals surface area contributed by atoms with Crippen LogP contribution in [-0.4, -0.2) is 62.7 Å². The van der Waals surface area contributed by atoms with Gasteiger partial charge in [0.1, 0.15) is 0 Å². The van der Waals surface area contributed by atoms with E-state index < -0.39 is 22.3 Å². The van der Waals surface area contributed by atoms with E-state index in [0.717, 1.165) is 12.8 Å². The van der Waals surface area contributed by atoms with Gasteiger partial charge in [0.15, 0.2) is 0 Å². The van der Waals surface area contributed by atoms with Crippen LogP contribution in [0.25, 0.3) is 0 Å². The molecule has 0 aliphatic heterocycles. The SMILES string of the molecule is CCCC(=O)O.CCCC(=O)O.O=S(=O)(O)O.[H-].[H-].[Mg+2]. The standard InChI is InChI=1S/2C4H8O2.Mg.H2O4S.2H/c2*1-2-3-4(5)6;;1-5(2,3)4;;/h2*2-3H2,1H3,(H,5,6);;(H2,1,2,3,4);;/q;;+2;;2*-1. The molecule has 0 aromatic rings. The van der Waals surface area contributed by atoms with Crippen LogP contribution in [0.1, 0.15) is 42.4 Å². The van der Waals surface area contributed by atoms with Gasteiger partial charge in [-0.1, -0.05) is 13.8 Å². The quantitative estimate of drug-likeness (QED) is 0.442. The van der Waals surface area contributed by atoms with Crippen molar-refractivity contribution in [2.45, 2.75) is 39.5 Å². The summed E-state index contributed by atoms with van der Waals surface area (Å²) in [6, 6.07) is 0. The Kier molecular flexibility index (Phi) is 24.1. The average Bonchev–Trinajstić information content (AvgIpc) is 2.00. The number of hydrogen-bond acceptors (Lipinski definition) is 4. The molecule has 0 heterocycles. The second kappa shape index (κ2) is 16.6. The zero-order valence-electron chi connectivity index (χ0n) is 12.4. The molecule has 0 amide bonds. The Hall–Kier alpha value is -0.424. The zero-order valence-corrected chi connectivity index (χ0v) is 12.6. The minimum Gasteiger partial charge on any atom is -1.00 e. The molecule has 0 atom stereocenters. The molecule has 0 spiro atoms. The second-order valence-corrected chi connectivity index (χ2v) is 3.63. The third kappa shape index (κ3) is 106. The Labute approximate surface area is 125 Å². The second-order valence-electron chi connectivity index (χ2n) is 2.74. The Bertz CT molecular complexity index is 286. The molecule has 0 radical (unpaired) electrons. The fourth-order valence-electron chi connectivity index (χ4n) is 0.428. The number of carboxylic acids is 2. The van der Waals surface area contributed by atoms with E-state index in [0.29, 0.717) is 12.8 Å². The van der Waals surface area contributed by atoms with Crippen molar-refractivity contribution in [2.75, 3.05) is 0 Å². The Morgan fingerprint density at radius 3 is 1.11 bits per heavy atom. The van der Waals surface area contributed by atoms with Crippen molar-refractivity contribution in [3.8, 4) is 0 Å². The van der Waals surface area contributed by atoms with E-state index in [1.165, 1.54) is 0 Å². The largest absolute Gasteiger partial charge is 2.00 e. The molecule has 18 heavy (non-hydrogen) atoms. The number of carboxylic acid groups (broad SMARTS) is 2. The van der Waals surface area contributed by atoms with E-state index in [2.05, 4.69) is 0 Å². The normalized spacial score (nSPS) is 8.67. The Morgan fingerprint density at radius 1 is 0.944 bits per heavy atom. The molecule has 8 nitrogen and oxygen atoms in total. The molecular formula is C8H20MgO8S. The van der Waals surface area contributed by atoms with Crippen LogP contribution in [0, 0.1) is 0 Å². The van der Waals surface area contributed by atoms with Gasteiger partial charge in [-0.3, -0.25) is 18.7 Å². The molecule has 0 saturated heterocycles. The molecule has 0 bridgehead atoms. The minimum atomic E-state index is -4.67. The maximum Gasteiger partial charge on any atom is 2.00 e. The molecule has 0 aliphatic carbocycles. The average molecular weight is 301 g/mol. The monoisotopic (exact) mass is 300 g/mol. The van der Waals surface area contributed by atoms with Crippen molar-refractivity contribution in [1.29, 1.82) is 0 Å². The fraction of sp³-hybridized carbons (Fsp3) is 0.750. The van der Waals surface area contributed by atoms with E-state index in [4.69, 9.17) is 27.7 Å². The Balaban J connectivity index is -0.0000000343. The summed E-state index contributed by atoms with van der Waals surface area (Å²) in [5.74, 6) is -1.42. The number of carbonyl (C=O) groups is 2. The predicted octanol–water partition coefficient (Wildman–Crippen LogP) is 0.934. The van der Waals surface area contributed by atoms with Crippen molar-refractivity contribution in [1.82, 2.24) is 0 Å². The fourth-order valence-corrected chi connectivity index (χ4v) is 0.428. The molecule has 0 rings (SSSR count). The van der Waals surface area contributed by atoms with Gasteiger partial charge in [0, 0.05) is 12.8 Å². The summed E-state index contributed by atoms with van der Waals surface area (Å²) in [5, 5.41) is 15.8. The third-order valence-corrected chi connectivity index (χ3v) is 0.928. The van der Waals surface area contributed by atoms with E-state index in [1.54, 1.807) is 0 Å². The van der Waals surface area contributed by atoms with Gasteiger partial charge in [0.25, 0.3) is 0 Å². The number of aliphatic carboxylic acids is 2. The summed E-state index contributed by atoms with van der Waals surface area (Å²) >= 11 is 0. The van der Waals surface area contributed by atoms with Gasteiger partial charge in [-0.25, -0.2) is 0 Å². The topological polar surface area (TPSA) is 149 Å². The van der Waals surface area contributed by atoms with E-state index in [9.17, 15) is 9.59 Å². The van der Waals surface area contributed by atoms with Crippen molar-refractivity contribution >= 4 is 45.4 Å². The first-order chi connectivity index (χ1) is 7.54.